The molecule has 0 radical (unpaired) electrons. The Morgan fingerprint density at radius 2 is 2.39 bits per heavy atom. The van der Waals surface area contributed by atoms with Gasteiger partial charge in [-0.3, -0.25) is 4.79 Å². The zero-order valence-corrected chi connectivity index (χ0v) is 12.0. The standard InChI is InChI=1S/C12H16BrNO4/c1-16-7-8-5-9(17-2)6-14(8)12(15)11-10(13)3-4-18-11/h3-4,8-9H,5-7H2,1-2H3/t8-,9+/m0/s1. The minimum absolute atomic E-state index is 0.0319. The highest BCUT2D eigenvalue weighted by Gasteiger charge is 2.37. The first-order chi connectivity index (χ1) is 8.67. The van der Waals surface area contributed by atoms with Crippen LogP contribution in [0.2, 0.25) is 0 Å². The molecule has 1 aromatic heterocycles. The van der Waals surface area contributed by atoms with Crippen LogP contribution in [0.15, 0.2) is 21.2 Å². The van der Waals surface area contributed by atoms with Gasteiger partial charge in [0.25, 0.3) is 5.91 Å². The van der Waals surface area contributed by atoms with Crippen LogP contribution in [-0.4, -0.2) is 50.3 Å². The quantitative estimate of drug-likeness (QED) is 0.851. The molecule has 100 valence electrons. The molecule has 0 aliphatic carbocycles. The number of halogens is 1. The van der Waals surface area contributed by atoms with Gasteiger partial charge in [-0.05, 0) is 28.4 Å². The molecule has 0 unspecified atom stereocenters. The Hall–Kier alpha value is -0.850. The topological polar surface area (TPSA) is 51.9 Å². The number of ether oxygens (including phenoxy) is 2. The summed E-state index contributed by atoms with van der Waals surface area (Å²) in [5.41, 5.74) is 0. The number of hydrogen-bond donors (Lipinski definition) is 0. The largest absolute Gasteiger partial charge is 0.458 e. The van der Waals surface area contributed by atoms with Gasteiger partial charge in [0.05, 0.1) is 29.5 Å². The summed E-state index contributed by atoms with van der Waals surface area (Å²) in [6.45, 7) is 1.07. The predicted octanol–water partition coefficient (Wildman–Crippen LogP) is 1.92. The van der Waals surface area contributed by atoms with Crippen LogP contribution in [0.3, 0.4) is 0 Å². The normalized spacial score (nSPS) is 23.6. The predicted molar refractivity (Wildman–Crippen MR) is 68.5 cm³/mol. The maximum absolute atomic E-state index is 12.4. The lowest BCUT2D eigenvalue weighted by molar-refractivity contribution is 0.0581. The monoisotopic (exact) mass is 317 g/mol. The summed E-state index contributed by atoms with van der Waals surface area (Å²) in [6.07, 6.45) is 2.34. The molecule has 0 spiro atoms. The molecule has 1 aromatic rings. The lowest BCUT2D eigenvalue weighted by Gasteiger charge is -2.22. The third kappa shape index (κ3) is 2.60. The van der Waals surface area contributed by atoms with Gasteiger partial charge >= 0.3 is 0 Å². The zero-order chi connectivity index (χ0) is 13.1. The fourth-order valence-corrected chi connectivity index (χ4v) is 2.59. The summed E-state index contributed by atoms with van der Waals surface area (Å²) < 4.78 is 16.4. The van der Waals surface area contributed by atoms with E-state index >= 15 is 0 Å². The number of carbonyl (C=O) groups is 1. The molecule has 0 aromatic carbocycles. The smallest absolute Gasteiger partial charge is 0.291 e. The second kappa shape index (κ2) is 5.86. The summed E-state index contributed by atoms with van der Waals surface area (Å²) in [5.74, 6) is 0.196. The first kappa shape index (κ1) is 13.6. The van der Waals surface area contributed by atoms with Gasteiger partial charge in [-0.1, -0.05) is 0 Å². The van der Waals surface area contributed by atoms with Gasteiger partial charge in [-0.2, -0.15) is 0 Å². The van der Waals surface area contributed by atoms with Crippen molar-refractivity contribution in [1.82, 2.24) is 4.90 Å². The van der Waals surface area contributed by atoms with Crippen LogP contribution in [0.4, 0.5) is 0 Å². The fourth-order valence-electron chi connectivity index (χ4n) is 2.22. The van der Waals surface area contributed by atoms with Crippen molar-refractivity contribution in [2.24, 2.45) is 0 Å². The Morgan fingerprint density at radius 1 is 1.61 bits per heavy atom. The summed E-state index contributed by atoms with van der Waals surface area (Å²) >= 11 is 3.30. The van der Waals surface area contributed by atoms with Gasteiger partial charge in [-0.25, -0.2) is 0 Å². The van der Waals surface area contributed by atoms with E-state index in [2.05, 4.69) is 15.9 Å². The molecule has 1 fully saturated rings. The summed E-state index contributed by atoms with van der Waals surface area (Å²) in [7, 11) is 3.29. The maximum atomic E-state index is 12.4. The fraction of sp³-hybridized carbons (Fsp3) is 0.583. The van der Waals surface area contributed by atoms with Crippen molar-refractivity contribution in [1.29, 1.82) is 0 Å². The Balaban J connectivity index is 2.15. The van der Waals surface area contributed by atoms with E-state index in [1.54, 1.807) is 25.2 Å². The third-order valence-electron chi connectivity index (χ3n) is 3.14. The Kier molecular flexibility index (Phi) is 4.42. The number of hydrogen-bond acceptors (Lipinski definition) is 4. The van der Waals surface area contributed by atoms with Crippen LogP contribution in [0.25, 0.3) is 0 Å². The lowest BCUT2D eigenvalue weighted by atomic mass is 10.2. The molecule has 0 bridgehead atoms. The van der Waals surface area contributed by atoms with Crippen LogP contribution in [0.1, 0.15) is 17.0 Å². The summed E-state index contributed by atoms with van der Waals surface area (Å²) in [6, 6.07) is 1.74. The molecule has 0 N–H and O–H groups in total. The van der Waals surface area contributed by atoms with E-state index in [1.165, 1.54) is 6.26 Å². The summed E-state index contributed by atoms with van der Waals surface area (Å²) in [5, 5.41) is 0. The van der Waals surface area contributed by atoms with Crippen molar-refractivity contribution in [3.05, 3.63) is 22.6 Å². The SMILES string of the molecule is COC[C@@H]1C[C@@H](OC)CN1C(=O)c1occc1Br. The van der Waals surface area contributed by atoms with E-state index < -0.39 is 0 Å². The number of rotatable bonds is 4. The van der Waals surface area contributed by atoms with E-state index in [0.717, 1.165) is 6.42 Å². The van der Waals surface area contributed by atoms with Crippen molar-refractivity contribution in [3.8, 4) is 0 Å². The number of amides is 1. The van der Waals surface area contributed by atoms with E-state index in [9.17, 15) is 4.79 Å². The van der Waals surface area contributed by atoms with E-state index in [1.807, 2.05) is 0 Å². The van der Waals surface area contributed by atoms with Gasteiger partial charge in [0, 0.05) is 20.8 Å². The van der Waals surface area contributed by atoms with Crippen LogP contribution in [0, 0.1) is 0 Å². The van der Waals surface area contributed by atoms with E-state index in [0.29, 0.717) is 23.4 Å². The minimum Gasteiger partial charge on any atom is -0.458 e. The molecule has 2 atom stereocenters. The van der Waals surface area contributed by atoms with Gasteiger partial charge in [-0.15, -0.1) is 0 Å². The average Bonchev–Trinajstić information content (AvgIpc) is 2.95. The molecule has 2 heterocycles. The highest BCUT2D eigenvalue weighted by Crippen LogP contribution is 2.26. The number of likely N-dealkylation sites (tertiary alicyclic amines) is 1. The van der Waals surface area contributed by atoms with Gasteiger partial charge in [0.1, 0.15) is 0 Å². The van der Waals surface area contributed by atoms with Crippen LogP contribution in [0.5, 0.6) is 0 Å². The number of methoxy groups -OCH3 is 2. The molecule has 1 aliphatic rings. The molecule has 1 aliphatic heterocycles. The Bertz CT molecular complexity index is 420. The van der Waals surface area contributed by atoms with Crippen LogP contribution >= 0.6 is 15.9 Å². The van der Waals surface area contributed by atoms with Crippen molar-refractivity contribution in [2.45, 2.75) is 18.6 Å². The molecular formula is C12H16BrNO4. The Labute approximate surface area is 114 Å². The highest BCUT2D eigenvalue weighted by molar-refractivity contribution is 9.10. The number of furan rings is 1. The average molecular weight is 318 g/mol. The molecule has 0 saturated carbocycles. The van der Waals surface area contributed by atoms with Crippen LogP contribution < -0.4 is 0 Å². The summed E-state index contributed by atoms with van der Waals surface area (Å²) in [4.78, 5) is 14.1. The number of carbonyl (C=O) groups excluding carboxylic acids is 1. The molecule has 18 heavy (non-hydrogen) atoms. The number of nitrogens with zero attached hydrogens (tertiary/aromatic N) is 1. The molecule has 1 saturated heterocycles. The van der Waals surface area contributed by atoms with Crippen molar-refractivity contribution in [2.75, 3.05) is 27.4 Å². The van der Waals surface area contributed by atoms with E-state index in [-0.39, 0.29) is 18.1 Å². The lowest BCUT2D eigenvalue weighted by Crippen LogP contribution is -2.38. The van der Waals surface area contributed by atoms with Crippen LogP contribution in [-0.2, 0) is 9.47 Å². The second-order valence-electron chi connectivity index (χ2n) is 4.26. The molecule has 5 nitrogen and oxygen atoms in total. The maximum Gasteiger partial charge on any atom is 0.291 e. The van der Waals surface area contributed by atoms with Crippen molar-refractivity contribution >= 4 is 21.8 Å². The van der Waals surface area contributed by atoms with Gasteiger partial charge < -0.3 is 18.8 Å². The first-order valence-corrected chi connectivity index (χ1v) is 6.52. The molecule has 2 rings (SSSR count). The second-order valence-corrected chi connectivity index (χ2v) is 5.11. The van der Waals surface area contributed by atoms with Gasteiger partial charge in [0.2, 0.25) is 5.76 Å². The first-order valence-electron chi connectivity index (χ1n) is 5.73. The van der Waals surface area contributed by atoms with Gasteiger partial charge in [0.15, 0.2) is 0 Å². The molecule has 1 amide bonds. The van der Waals surface area contributed by atoms with Crippen molar-refractivity contribution in [3.63, 3.8) is 0 Å². The minimum atomic E-state index is -0.131. The highest BCUT2D eigenvalue weighted by atomic mass is 79.9. The zero-order valence-electron chi connectivity index (χ0n) is 10.4. The Morgan fingerprint density at radius 3 is 2.94 bits per heavy atom. The molecule has 6 heteroatoms. The van der Waals surface area contributed by atoms with E-state index in [4.69, 9.17) is 13.9 Å². The third-order valence-corrected chi connectivity index (χ3v) is 3.77. The molecular weight excluding hydrogens is 302 g/mol. The van der Waals surface area contributed by atoms with Crippen molar-refractivity contribution < 1.29 is 18.7 Å².